The lowest BCUT2D eigenvalue weighted by molar-refractivity contribution is -0.125. The van der Waals surface area contributed by atoms with Gasteiger partial charge in [-0.05, 0) is 43.2 Å². The number of nitrogens with one attached hydrogen (secondary N) is 2. The minimum Gasteiger partial charge on any atom is -0.487 e. The van der Waals surface area contributed by atoms with Crippen LogP contribution in [0, 0.1) is 6.92 Å². The number of pyridine rings is 2. The molecule has 2 amide bonds. The molecule has 0 spiro atoms. The number of carbonyl (C=O) groups excluding carboxylic acids is 2. The molecule has 0 bridgehead atoms. The Balaban J connectivity index is 1.61. The Bertz CT molecular complexity index is 1060. The normalized spacial score (nSPS) is 18.6. The van der Waals surface area contributed by atoms with Gasteiger partial charge in [0.25, 0.3) is 5.91 Å². The van der Waals surface area contributed by atoms with Crippen LogP contribution in [-0.2, 0) is 11.4 Å². The average molecular weight is 394 g/mol. The van der Waals surface area contributed by atoms with Gasteiger partial charge in [-0.2, -0.15) is 0 Å². The van der Waals surface area contributed by atoms with Crippen LogP contribution in [0.3, 0.4) is 0 Å². The molecule has 0 aromatic carbocycles. The smallest absolute Gasteiger partial charge is 0.269 e. The van der Waals surface area contributed by atoms with Crippen LogP contribution in [0.1, 0.15) is 28.0 Å². The molecule has 8 heteroatoms. The van der Waals surface area contributed by atoms with E-state index in [0.29, 0.717) is 31.0 Å². The summed E-state index contributed by atoms with van der Waals surface area (Å²) in [6.45, 7) is 2.15. The number of amides is 2. The summed E-state index contributed by atoms with van der Waals surface area (Å²) in [5.41, 5.74) is 1.64. The van der Waals surface area contributed by atoms with E-state index in [0.717, 1.165) is 16.6 Å². The summed E-state index contributed by atoms with van der Waals surface area (Å²) >= 11 is 0. The van der Waals surface area contributed by atoms with Crippen LogP contribution < -0.4 is 15.4 Å². The molecule has 1 atom stereocenters. The minimum atomic E-state index is -1.29. The van der Waals surface area contributed by atoms with Crippen LogP contribution in [0.25, 0.3) is 5.52 Å². The summed E-state index contributed by atoms with van der Waals surface area (Å²) in [5, 5.41) is 15.1. The summed E-state index contributed by atoms with van der Waals surface area (Å²) in [6, 6.07) is 9.36. The molecule has 0 saturated carbocycles. The first kappa shape index (κ1) is 18.9. The Kier molecular flexibility index (Phi) is 4.94. The van der Waals surface area contributed by atoms with E-state index < -0.39 is 18.1 Å². The van der Waals surface area contributed by atoms with Crippen LogP contribution in [-0.4, -0.2) is 45.0 Å². The molecule has 1 unspecified atom stereocenters. The summed E-state index contributed by atoms with van der Waals surface area (Å²) < 4.78 is 7.58. The third-order valence-electron chi connectivity index (χ3n) is 5.17. The number of fused-ring (bicyclic) bond motifs is 1. The molecular formula is C21H22N4O4. The van der Waals surface area contributed by atoms with Gasteiger partial charge < -0.3 is 24.9 Å². The third-order valence-corrected chi connectivity index (χ3v) is 5.17. The predicted molar refractivity (Wildman–Crippen MR) is 106 cm³/mol. The zero-order valence-electron chi connectivity index (χ0n) is 16.0. The van der Waals surface area contributed by atoms with Crippen molar-refractivity contribution in [1.82, 2.24) is 20.0 Å². The van der Waals surface area contributed by atoms with Gasteiger partial charge >= 0.3 is 0 Å². The van der Waals surface area contributed by atoms with E-state index in [4.69, 9.17) is 4.74 Å². The van der Waals surface area contributed by atoms with Gasteiger partial charge in [0.2, 0.25) is 5.91 Å². The summed E-state index contributed by atoms with van der Waals surface area (Å²) in [5.74, 6) is -0.188. The van der Waals surface area contributed by atoms with Gasteiger partial charge in [0.15, 0.2) is 0 Å². The van der Waals surface area contributed by atoms with Crippen molar-refractivity contribution in [2.24, 2.45) is 0 Å². The average Bonchev–Trinajstić information content (AvgIpc) is 3.26. The minimum absolute atomic E-state index is 0.343. The number of aryl methyl sites for hydroxylation is 1. The van der Waals surface area contributed by atoms with Crippen molar-refractivity contribution in [2.45, 2.75) is 25.5 Å². The number of hydrogen-bond acceptors (Lipinski definition) is 5. The highest BCUT2D eigenvalue weighted by molar-refractivity contribution is 6.01. The molecule has 1 aliphatic rings. The van der Waals surface area contributed by atoms with Crippen molar-refractivity contribution in [3.8, 4) is 5.75 Å². The molecule has 150 valence electrons. The molecule has 29 heavy (non-hydrogen) atoms. The number of aliphatic hydroxyl groups is 1. The second-order valence-corrected chi connectivity index (χ2v) is 7.19. The molecule has 0 aliphatic carbocycles. The fourth-order valence-corrected chi connectivity index (χ4v) is 3.57. The molecule has 1 saturated heterocycles. The van der Waals surface area contributed by atoms with Gasteiger partial charge in [0, 0.05) is 30.0 Å². The van der Waals surface area contributed by atoms with Crippen molar-refractivity contribution in [1.29, 1.82) is 0 Å². The molecule has 3 aromatic heterocycles. The highest BCUT2D eigenvalue weighted by Crippen LogP contribution is 2.23. The Morgan fingerprint density at radius 2 is 2.28 bits per heavy atom. The monoisotopic (exact) mass is 394 g/mol. The number of aromatic nitrogens is 2. The van der Waals surface area contributed by atoms with Gasteiger partial charge in [-0.3, -0.25) is 14.6 Å². The number of nitrogens with zero attached hydrogens (tertiary/aromatic N) is 2. The number of ether oxygens (including phenoxy) is 1. The second kappa shape index (κ2) is 7.56. The topological polar surface area (TPSA) is 105 Å². The molecule has 0 radical (unpaired) electrons. The van der Waals surface area contributed by atoms with Gasteiger partial charge in [-0.15, -0.1) is 0 Å². The van der Waals surface area contributed by atoms with Crippen LogP contribution >= 0.6 is 0 Å². The first-order chi connectivity index (χ1) is 14.0. The largest absolute Gasteiger partial charge is 0.487 e. The van der Waals surface area contributed by atoms with E-state index in [2.05, 4.69) is 15.6 Å². The molecule has 3 aromatic rings. The first-order valence-corrected chi connectivity index (χ1v) is 9.37. The number of carbonyl (C=O) groups is 2. The first-order valence-electron chi connectivity index (χ1n) is 9.37. The second-order valence-electron chi connectivity index (χ2n) is 7.19. The molecule has 4 heterocycles. The Hall–Kier alpha value is -3.39. The summed E-state index contributed by atoms with van der Waals surface area (Å²) in [7, 11) is 0. The fraction of sp³-hybridized carbons (Fsp3) is 0.286. The van der Waals surface area contributed by atoms with Crippen LogP contribution in [0.2, 0.25) is 0 Å². The van der Waals surface area contributed by atoms with Gasteiger partial charge in [0.1, 0.15) is 23.6 Å². The van der Waals surface area contributed by atoms with E-state index in [1.165, 1.54) is 0 Å². The number of hydrogen-bond donors (Lipinski definition) is 3. The lowest BCUT2D eigenvalue weighted by atomic mass is 9.98. The summed E-state index contributed by atoms with van der Waals surface area (Å²) in [6.07, 6.45) is 5.52. The maximum absolute atomic E-state index is 13.0. The quantitative estimate of drug-likeness (QED) is 0.583. The lowest BCUT2D eigenvalue weighted by Gasteiger charge is -2.25. The zero-order valence-corrected chi connectivity index (χ0v) is 16.0. The molecule has 1 aliphatic heterocycles. The van der Waals surface area contributed by atoms with Crippen molar-refractivity contribution >= 4 is 17.3 Å². The number of aliphatic hydroxyl groups excluding tert-OH is 1. The van der Waals surface area contributed by atoms with E-state index in [1.54, 1.807) is 23.0 Å². The maximum Gasteiger partial charge on any atom is 0.269 e. The van der Waals surface area contributed by atoms with Gasteiger partial charge in [-0.1, -0.05) is 6.07 Å². The highest BCUT2D eigenvalue weighted by Gasteiger charge is 2.43. The third kappa shape index (κ3) is 3.54. The van der Waals surface area contributed by atoms with Crippen molar-refractivity contribution in [3.63, 3.8) is 0 Å². The Labute approximate surface area is 167 Å². The van der Waals surface area contributed by atoms with Crippen LogP contribution in [0.4, 0.5) is 0 Å². The standard InChI is InChI=1S/C21H22N4O4/c1-14-9-16-4-5-17(29-12-15-3-2-7-22-10-15)11-25(16)18(14)19(27)24-21(13-26)6-8-23-20(21)28/h2-5,7,9-11,26H,6,8,12-13H2,1H3,(H,23,28)(H,24,27). The SMILES string of the molecule is Cc1cc2ccc(OCc3cccnc3)cn2c1C(=O)NC1(CO)CCNC1=O. The number of rotatable bonds is 6. The van der Waals surface area contributed by atoms with Gasteiger partial charge in [0.05, 0.1) is 12.8 Å². The predicted octanol–water partition coefficient (Wildman–Crippen LogP) is 1.20. The fourth-order valence-electron chi connectivity index (χ4n) is 3.57. The Morgan fingerprint density at radius 3 is 2.97 bits per heavy atom. The van der Waals surface area contributed by atoms with E-state index in [9.17, 15) is 14.7 Å². The lowest BCUT2D eigenvalue weighted by Crippen LogP contribution is -2.56. The van der Waals surface area contributed by atoms with Crippen LogP contribution in [0.15, 0.2) is 48.9 Å². The maximum atomic E-state index is 13.0. The summed E-state index contributed by atoms with van der Waals surface area (Å²) in [4.78, 5) is 29.2. The highest BCUT2D eigenvalue weighted by atomic mass is 16.5. The van der Waals surface area contributed by atoms with Crippen molar-refractivity contribution < 1.29 is 19.4 Å². The van der Waals surface area contributed by atoms with E-state index in [-0.39, 0.29) is 5.91 Å². The molecule has 1 fully saturated rings. The zero-order chi connectivity index (χ0) is 20.4. The molecule has 3 N–H and O–H groups in total. The van der Waals surface area contributed by atoms with E-state index >= 15 is 0 Å². The van der Waals surface area contributed by atoms with E-state index in [1.807, 2.05) is 37.3 Å². The van der Waals surface area contributed by atoms with Crippen LogP contribution in [0.5, 0.6) is 5.75 Å². The molecule has 8 nitrogen and oxygen atoms in total. The van der Waals surface area contributed by atoms with Crippen molar-refractivity contribution in [3.05, 3.63) is 65.7 Å². The Morgan fingerprint density at radius 1 is 1.41 bits per heavy atom. The van der Waals surface area contributed by atoms with Crippen molar-refractivity contribution in [2.75, 3.05) is 13.2 Å². The van der Waals surface area contributed by atoms with Gasteiger partial charge in [-0.25, -0.2) is 0 Å². The molecular weight excluding hydrogens is 372 g/mol. The molecule has 4 rings (SSSR count).